The van der Waals surface area contributed by atoms with E-state index in [9.17, 15) is 22.4 Å². The quantitative estimate of drug-likeness (QED) is 0.410. The van der Waals surface area contributed by atoms with Gasteiger partial charge in [0.25, 0.3) is 0 Å². The van der Waals surface area contributed by atoms with Gasteiger partial charge in [0.2, 0.25) is 5.75 Å². The first-order valence-corrected chi connectivity index (χ1v) is 7.24. The van der Waals surface area contributed by atoms with Crippen molar-refractivity contribution in [3.63, 3.8) is 0 Å². The number of alkyl halides is 2. The molecule has 0 saturated carbocycles. The average Bonchev–Trinajstić information content (AvgIpc) is 2.59. The van der Waals surface area contributed by atoms with Gasteiger partial charge < -0.3 is 14.2 Å². The third-order valence-corrected chi connectivity index (χ3v) is 3.33. The van der Waals surface area contributed by atoms with Gasteiger partial charge in [0.05, 0.1) is 19.8 Å². The number of benzene rings is 2. The van der Waals surface area contributed by atoms with E-state index in [1.54, 1.807) is 0 Å². The standard InChI is InChI=1S/C18H14F4O4/c1-24-14-8-10(9-15(25-2)17(14)26-18(21)22)6-7-13(23)16-11(19)4-3-5-12(16)20/h3-9,18H,1-2H3/b7-6+. The maximum Gasteiger partial charge on any atom is 0.387 e. The Labute approximate surface area is 146 Å². The number of ketones is 1. The molecule has 2 aromatic rings. The van der Waals surface area contributed by atoms with Crippen LogP contribution in [0.25, 0.3) is 6.08 Å². The summed E-state index contributed by atoms with van der Waals surface area (Å²) in [5.41, 5.74) is -0.384. The van der Waals surface area contributed by atoms with Crippen LogP contribution in [-0.2, 0) is 0 Å². The van der Waals surface area contributed by atoms with Crippen molar-refractivity contribution in [3.8, 4) is 17.2 Å². The van der Waals surface area contributed by atoms with Gasteiger partial charge in [0, 0.05) is 0 Å². The van der Waals surface area contributed by atoms with Gasteiger partial charge in [-0.3, -0.25) is 4.79 Å². The molecule has 0 aliphatic carbocycles. The summed E-state index contributed by atoms with van der Waals surface area (Å²) in [4.78, 5) is 12.0. The number of carbonyl (C=O) groups excluding carboxylic acids is 1. The lowest BCUT2D eigenvalue weighted by Gasteiger charge is -2.14. The Morgan fingerprint density at radius 2 is 1.58 bits per heavy atom. The molecule has 0 fully saturated rings. The molecule has 26 heavy (non-hydrogen) atoms. The van der Waals surface area contributed by atoms with E-state index in [0.29, 0.717) is 5.56 Å². The van der Waals surface area contributed by atoms with Gasteiger partial charge in [-0.05, 0) is 35.9 Å². The Morgan fingerprint density at radius 3 is 2.04 bits per heavy atom. The highest BCUT2D eigenvalue weighted by molar-refractivity contribution is 6.07. The van der Waals surface area contributed by atoms with Crippen molar-refractivity contribution in [1.82, 2.24) is 0 Å². The lowest BCUT2D eigenvalue weighted by Crippen LogP contribution is -2.05. The van der Waals surface area contributed by atoms with Crippen LogP contribution < -0.4 is 14.2 Å². The summed E-state index contributed by atoms with van der Waals surface area (Å²) in [6.07, 6.45) is 2.19. The number of allylic oxidation sites excluding steroid dienone is 1. The number of ether oxygens (including phenoxy) is 3. The molecule has 2 rings (SSSR count). The van der Waals surface area contributed by atoms with Crippen molar-refractivity contribution in [3.05, 3.63) is 59.2 Å². The second kappa shape index (κ2) is 8.37. The molecule has 4 nitrogen and oxygen atoms in total. The molecule has 8 heteroatoms. The van der Waals surface area contributed by atoms with Crippen LogP contribution in [0.1, 0.15) is 15.9 Å². The molecule has 0 aliphatic rings. The van der Waals surface area contributed by atoms with E-state index in [2.05, 4.69) is 4.74 Å². The third kappa shape index (κ3) is 4.33. The first kappa shape index (κ1) is 19.3. The van der Waals surface area contributed by atoms with E-state index < -0.39 is 29.6 Å². The number of rotatable bonds is 7. The first-order valence-electron chi connectivity index (χ1n) is 7.24. The SMILES string of the molecule is COc1cc(/C=C/C(=O)c2c(F)cccc2F)cc(OC)c1OC(F)F. The zero-order chi connectivity index (χ0) is 19.3. The topological polar surface area (TPSA) is 44.8 Å². The molecule has 0 aromatic heterocycles. The Bertz CT molecular complexity index is 789. The fourth-order valence-corrected chi connectivity index (χ4v) is 2.19. The number of halogens is 4. The van der Waals surface area contributed by atoms with Gasteiger partial charge in [-0.25, -0.2) is 8.78 Å². The van der Waals surface area contributed by atoms with Crippen LogP contribution in [-0.4, -0.2) is 26.6 Å². The Balaban J connectivity index is 2.37. The molecular formula is C18H14F4O4. The van der Waals surface area contributed by atoms with Gasteiger partial charge >= 0.3 is 6.61 Å². The Hall–Kier alpha value is -3.03. The Kier molecular flexibility index (Phi) is 6.21. The molecule has 0 spiro atoms. The van der Waals surface area contributed by atoms with Crippen molar-refractivity contribution in [2.45, 2.75) is 6.61 Å². The molecule has 0 N–H and O–H groups in total. The lowest BCUT2D eigenvalue weighted by molar-refractivity contribution is -0.0526. The van der Waals surface area contributed by atoms with E-state index in [-0.39, 0.29) is 17.2 Å². The zero-order valence-electron chi connectivity index (χ0n) is 13.8. The first-order chi connectivity index (χ1) is 12.4. The highest BCUT2D eigenvalue weighted by Crippen LogP contribution is 2.39. The molecule has 0 atom stereocenters. The van der Waals surface area contributed by atoms with Crippen molar-refractivity contribution < 1.29 is 36.6 Å². The molecule has 0 saturated heterocycles. The number of hydrogen-bond acceptors (Lipinski definition) is 4. The summed E-state index contributed by atoms with van der Waals surface area (Å²) < 4.78 is 66.6. The normalized spacial score (nSPS) is 11.0. The van der Waals surface area contributed by atoms with Crippen LogP contribution in [0.3, 0.4) is 0 Å². The second-order valence-electron chi connectivity index (χ2n) is 4.93. The van der Waals surface area contributed by atoms with Crippen molar-refractivity contribution in [2.24, 2.45) is 0 Å². The van der Waals surface area contributed by atoms with Crippen molar-refractivity contribution in [2.75, 3.05) is 14.2 Å². The van der Waals surface area contributed by atoms with E-state index >= 15 is 0 Å². The predicted molar refractivity (Wildman–Crippen MR) is 85.9 cm³/mol. The van der Waals surface area contributed by atoms with Gasteiger partial charge in [0.1, 0.15) is 11.6 Å². The van der Waals surface area contributed by atoms with Crippen LogP contribution >= 0.6 is 0 Å². The van der Waals surface area contributed by atoms with Gasteiger partial charge in [-0.2, -0.15) is 8.78 Å². The monoisotopic (exact) mass is 370 g/mol. The van der Waals surface area contributed by atoms with Crippen molar-refractivity contribution in [1.29, 1.82) is 0 Å². The van der Waals surface area contributed by atoms with Gasteiger partial charge in [0.15, 0.2) is 17.3 Å². The molecule has 138 valence electrons. The number of hydrogen-bond donors (Lipinski definition) is 0. The van der Waals surface area contributed by atoms with E-state index in [1.165, 1.54) is 32.4 Å². The highest BCUT2D eigenvalue weighted by atomic mass is 19.3. The van der Waals surface area contributed by atoms with Gasteiger partial charge in [-0.1, -0.05) is 12.1 Å². The summed E-state index contributed by atoms with van der Waals surface area (Å²) in [6.45, 7) is -3.09. The second-order valence-corrected chi connectivity index (χ2v) is 4.93. The molecule has 0 unspecified atom stereocenters. The third-order valence-electron chi connectivity index (χ3n) is 3.33. The van der Waals surface area contributed by atoms with Crippen LogP contribution in [0, 0.1) is 11.6 Å². The maximum atomic E-state index is 13.6. The maximum absolute atomic E-state index is 13.6. The molecule has 2 aromatic carbocycles. The van der Waals surface area contributed by atoms with Crippen LogP contribution in [0.2, 0.25) is 0 Å². The minimum absolute atomic E-state index is 0.0613. The van der Waals surface area contributed by atoms with Crippen LogP contribution in [0.5, 0.6) is 17.2 Å². The molecule has 0 heterocycles. The molecule has 0 bridgehead atoms. The summed E-state index contributed by atoms with van der Waals surface area (Å²) >= 11 is 0. The molecule has 0 radical (unpaired) electrons. The van der Waals surface area contributed by atoms with Crippen LogP contribution in [0.15, 0.2) is 36.4 Å². The van der Waals surface area contributed by atoms with Crippen LogP contribution in [0.4, 0.5) is 17.6 Å². The molecular weight excluding hydrogens is 356 g/mol. The van der Waals surface area contributed by atoms with E-state index in [1.807, 2.05) is 0 Å². The van der Waals surface area contributed by atoms with E-state index in [4.69, 9.17) is 9.47 Å². The van der Waals surface area contributed by atoms with E-state index in [0.717, 1.165) is 24.3 Å². The fourth-order valence-electron chi connectivity index (χ4n) is 2.19. The minimum atomic E-state index is -3.09. The summed E-state index contributed by atoms with van der Waals surface area (Å²) in [6, 6.07) is 5.69. The summed E-state index contributed by atoms with van der Waals surface area (Å²) in [7, 11) is 2.47. The predicted octanol–water partition coefficient (Wildman–Crippen LogP) is 4.48. The fraction of sp³-hybridized carbons (Fsp3) is 0.167. The molecule has 0 aliphatic heterocycles. The highest BCUT2D eigenvalue weighted by Gasteiger charge is 2.18. The largest absolute Gasteiger partial charge is 0.493 e. The average molecular weight is 370 g/mol. The zero-order valence-corrected chi connectivity index (χ0v) is 13.8. The summed E-state index contributed by atoms with van der Waals surface area (Å²) in [5, 5.41) is 0. The smallest absolute Gasteiger partial charge is 0.387 e. The summed E-state index contributed by atoms with van der Waals surface area (Å²) in [5.74, 6) is -3.31. The number of carbonyl (C=O) groups is 1. The van der Waals surface area contributed by atoms with Crippen molar-refractivity contribution >= 4 is 11.9 Å². The minimum Gasteiger partial charge on any atom is -0.493 e. The lowest BCUT2D eigenvalue weighted by atomic mass is 10.1. The van der Waals surface area contributed by atoms with Gasteiger partial charge in [-0.15, -0.1) is 0 Å². The number of methoxy groups -OCH3 is 2. The molecule has 0 amide bonds. The Morgan fingerprint density at radius 1 is 1.04 bits per heavy atom.